The minimum Gasteiger partial charge on any atom is -0.450 e. The number of anilines is 1. The van der Waals surface area contributed by atoms with Crippen LogP contribution in [0.25, 0.3) is 22.1 Å². The molecule has 6 nitrogen and oxygen atoms in total. The van der Waals surface area contributed by atoms with E-state index < -0.39 is 0 Å². The molecule has 1 fully saturated rings. The standard InChI is InChI=1S/C23H22N4O2/c1-15(16-9-3-2-4-10-16)24-23(28)21-25-19-17-11-5-6-12-18(17)29-20(19)22(26-21)27-13-7-8-14-27/h2-6,9-12,15H,7-8,13-14H2,1H3,(H,24,28). The highest BCUT2D eigenvalue weighted by molar-refractivity contribution is 6.07. The number of hydrogen-bond acceptors (Lipinski definition) is 5. The Bertz CT molecular complexity index is 1180. The largest absolute Gasteiger partial charge is 0.450 e. The van der Waals surface area contributed by atoms with E-state index in [9.17, 15) is 4.79 Å². The fourth-order valence-electron chi connectivity index (χ4n) is 3.91. The number of rotatable bonds is 4. The van der Waals surface area contributed by atoms with Crippen LogP contribution in [0.4, 0.5) is 5.82 Å². The van der Waals surface area contributed by atoms with Crippen molar-refractivity contribution in [1.29, 1.82) is 0 Å². The molecule has 3 heterocycles. The summed E-state index contributed by atoms with van der Waals surface area (Å²) in [6.07, 6.45) is 2.22. The highest BCUT2D eigenvalue weighted by atomic mass is 16.3. The lowest BCUT2D eigenvalue weighted by Crippen LogP contribution is -2.29. The molecule has 1 amide bonds. The zero-order chi connectivity index (χ0) is 19.8. The molecule has 0 saturated carbocycles. The van der Waals surface area contributed by atoms with E-state index in [2.05, 4.69) is 20.2 Å². The molecule has 4 aromatic rings. The number of nitrogens with zero attached hydrogens (tertiary/aromatic N) is 3. The van der Waals surface area contributed by atoms with Crippen LogP contribution in [0.15, 0.2) is 59.0 Å². The number of carbonyl (C=O) groups excluding carboxylic acids is 1. The molecule has 2 aromatic heterocycles. The van der Waals surface area contributed by atoms with Crippen LogP contribution in [0, 0.1) is 0 Å². The van der Waals surface area contributed by atoms with Crippen molar-refractivity contribution in [2.75, 3.05) is 18.0 Å². The van der Waals surface area contributed by atoms with E-state index >= 15 is 0 Å². The smallest absolute Gasteiger partial charge is 0.289 e. The Morgan fingerprint density at radius 3 is 2.55 bits per heavy atom. The van der Waals surface area contributed by atoms with Gasteiger partial charge in [-0.1, -0.05) is 42.5 Å². The SMILES string of the molecule is CC(NC(=O)c1nc(N2CCCC2)c2oc3ccccc3c2n1)c1ccccc1. The third-order valence-electron chi connectivity index (χ3n) is 5.46. The van der Waals surface area contributed by atoms with Crippen molar-refractivity contribution in [3.8, 4) is 0 Å². The number of aromatic nitrogens is 2. The molecule has 1 aliphatic rings. The molecule has 0 radical (unpaired) electrons. The zero-order valence-electron chi connectivity index (χ0n) is 16.3. The van der Waals surface area contributed by atoms with Gasteiger partial charge in [-0.25, -0.2) is 9.97 Å². The van der Waals surface area contributed by atoms with Gasteiger partial charge in [0.05, 0.1) is 6.04 Å². The van der Waals surface area contributed by atoms with E-state index in [0.29, 0.717) is 16.9 Å². The van der Waals surface area contributed by atoms with Crippen molar-refractivity contribution in [3.63, 3.8) is 0 Å². The number of para-hydroxylation sites is 1. The van der Waals surface area contributed by atoms with Crippen LogP contribution in [-0.4, -0.2) is 29.0 Å². The summed E-state index contributed by atoms with van der Waals surface area (Å²) in [5, 5.41) is 3.92. The number of fused-ring (bicyclic) bond motifs is 3. The van der Waals surface area contributed by atoms with E-state index in [0.717, 1.165) is 42.5 Å². The summed E-state index contributed by atoms with van der Waals surface area (Å²) >= 11 is 0. The van der Waals surface area contributed by atoms with Crippen molar-refractivity contribution in [2.24, 2.45) is 0 Å². The van der Waals surface area contributed by atoms with Crippen LogP contribution >= 0.6 is 0 Å². The fraction of sp³-hybridized carbons (Fsp3) is 0.261. The second-order valence-electron chi connectivity index (χ2n) is 7.45. The highest BCUT2D eigenvalue weighted by Gasteiger charge is 2.25. The van der Waals surface area contributed by atoms with Gasteiger partial charge in [-0.2, -0.15) is 0 Å². The summed E-state index contributed by atoms with van der Waals surface area (Å²) in [7, 11) is 0. The topological polar surface area (TPSA) is 71.3 Å². The molecule has 146 valence electrons. The Morgan fingerprint density at radius 2 is 1.76 bits per heavy atom. The number of amides is 1. The average molecular weight is 386 g/mol. The van der Waals surface area contributed by atoms with E-state index in [-0.39, 0.29) is 17.8 Å². The quantitative estimate of drug-likeness (QED) is 0.560. The zero-order valence-corrected chi connectivity index (χ0v) is 16.3. The molecule has 1 aliphatic heterocycles. The summed E-state index contributed by atoms with van der Waals surface area (Å²) in [6, 6.07) is 17.5. The molecule has 1 unspecified atom stereocenters. The van der Waals surface area contributed by atoms with Gasteiger partial charge in [-0.3, -0.25) is 4.79 Å². The Balaban J connectivity index is 1.58. The van der Waals surface area contributed by atoms with Gasteiger partial charge >= 0.3 is 0 Å². The second-order valence-corrected chi connectivity index (χ2v) is 7.45. The maximum atomic E-state index is 13.0. The third kappa shape index (κ3) is 3.20. The molecule has 6 heteroatoms. The minimum atomic E-state index is -0.283. The van der Waals surface area contributed by atoms with Gasteiger partial charge in [0.15, 0.2) is 11.4 Å². The number of nitrogens with one attached hydrogen (secondary N) is 1. The van der Waals surface area contributed by atoms with Gasteiger partial charge in [0, 0.05) is 18.5 Å². The predicted octanol–water partition coefficient (Wildman–Crippen LogP) is 4.47. The molecule has 1 atom stereocenters. The highest BCUT2D eigenvalue weighted by Crippen LogP contribution is 2.34. The van der Waals surface area contributed by atoms with Gasteiger partial charge in [-0.15, -0.1) is 0 Å². The summed E-state index contributed by atoms with van der Waals surface area (Å²) in [4.78, 5) is 24.4. The van der Waals surface area contributed by atoms with E-state index in [1.807, 2.05) is 61.5 Å². The summed E-state index contributed by atoms with van der Waals surface area (Å²) < 4.78 is 6.08. The maximum Gasteiger partial charge on any atom is 0.289 e. The number of carbonyl (C=O) groups is 1. The van der Waals surface area contributed by atoms with Crippen LogP contribution in [0.1, 0.15) is 42.0 Å². The molecule has 1 N–H and O–H groups in total. The van der Waals surface area contributed by atoms with Gasteiger partial charge in [0.1, 0.15) is 11.1 Å². The number of hydrogen-bond donors (Lipinski definition) is 1. The van der Waals surface area contributed by atoms with Crippen molar-refractivity contribution in [2.45, 2.75) is 25.8 Å². The van der Waals surface area contributed by atoms with Gasteiger partial charge in [0.2, 0.25) is 5.82 Å². The fourth-order valence-corrected chi connectivity index (χ4v) is 3.91. The Morgan fingerprint density at radius 1 is 1.03 bits per heavy atom. The van der Waals surface area contributed by atoms with Crippen molar-refractivity contribution in [1.82, 2.24) is 15.3 Å². The molecule has 1 saturated heterocycles. The van der Waals surface area contributed by atoms with Gasteiger partial charge in [-0.05, 0) is 37.5 Å². The van der Waals surface area contributed by atoms with Crippen molar-refractivity contribution in [3.05, 3.63) is 66.0 Å². The first-order chi connectivity index (χ1) is 14.2. The average Bonchev–Trinajstić information content (AvgIpc) is 3.41. The summed E-state index contributed by atoms with van der Waals surface area (Å²) in [5.74, 6) is 0.601. The lowest BCUT2D eigenvalue weighted by atomic mass is 10.1. The summed E-state index contributed by atoms with van der Waals surface area (Å²) in [5.41, 5.74) is 3.14. The van der Waals surface area contributed by atoms with Crippen molar-refractivity contribution >= 4 is 33.8 Å². The third-order valence-corrected chi connectivity index (χ3v) is 5.46. The maximum absolute atomic E-state index is 13.0. The normalized spacial score (nSPS) is 15.1. The van der Waals surface area contributed by atoms with Crippen LogP contribution in [0.2, 0.25) is 0 Å². The van der Waals surface area contributed by atoms with Gasteiger partial charge < -0.3 is 14.6 Å². The Labute approximate surface area is 168 Å². The van der Waals surface area contributed by atoms with E-state index in [1.54, 1.807) is 0 Å². The molecule has 0 spiro atoms. The molecule has 0 aliphatic carbocycles. The molecule has 29 heavy (non-hydrogen) atoms. The Hall–Kier alpha value is -3.41. The molecule has 2 aromatic carbocycles. The van der Waals surface area contributed by atoms with E-state index in [4.69, 9.17) is 4.42 Å². The Kier molecular flexibility index (Phi) is 4.39. The van der Waals surface area contributed by atoms with Gasteiger partial charge in [0.25, 0.3) is 5.91 Å². The van der Waals surface area contributed by atoms with Crippen LogP contribution in [-0.2, 0) is 0 Å². The molecule has 5 rings (SSSR count). The summed E-state index contributed by atoms with van der Waals surface area (Å²) in [6.45, 7) is 3.77. The van der Waals surface area contributed by atoms with Crippen molar-refractivity contribution < 1.29 is 9.21 Å². The molecular formula is C23H22N4O2. The molecular weight excluding hydrogens is 364 g/mol. The number of furan rings is 1. The molecule has 0 bridgehead atoms. The van der Waals surface area contributed by atoms with Crippen LogP contribution < -0.4 is 10.2 Å². The van der Waals surface area contributed by atoms with Crippen LogP contribution in [0.5, 0.6) is 0 Å². The lowest BCUT2D eigenvalue weighted by Gasteiger charge is -2.18. The second kappa shape index (κ2) is 7.20. The first kappa shape index (κ1) is 17.7. The van der Waals surface area contributed by atoms with E-state index in [1.165, 1.54) is 0 Å². The predicted molar refractivity (Wildman–Crippen MR) is 113 cm³/mol. The first-order valence-electron chi connectivity index (χ1n) is 10.0. The van der Waals surface area contributed by atoms with Crippen LogP contribution in [0.3, 0.4) is 0 Å². The lowest BCUT2D eigenvalue weighted by molar-refractivity contribution is 0.0930. The first-order valence-corrected chi connectivity index (χ1v) is 10.0. The number of benzene rings is 2. The monoisotopic (exact) mass is 386 g/mol. The minimum absolute atomic E-state index is 0.140.